The third-order valence-corrected chi connectivity index (χ3v) is 3.43. The van der Waals surface area contributed by atoms with Crippen LogP contribution in [0.3, 0.4) is 0 Å². The minimum Gasteiger partial charge on any atom is -0.480 e. The van der Waals surface area contributed by atoms with E-state index in [9.17, 15) is 9.90 Å². The Morgan fingerprint density at radius 3 is 2.69 bits per heavy atom. The predicted octanol–water partition coefficient (Wildman–Crippen LogP) is 1.65. The summed E-state index contributed by atoms with van der Waals surface area (Å²) in [6.45, 7) is 3.43. The van der Waals surface area contributed by atoms with Crippen molar-refractivity contribution in [2.24, 2.45) is 5.92 Å². The lowest BCUT2D eigenvalue weighted by atomic mass is 9.91. The van der Waals surface area contributed by atoms with Crippen LogP contribution >= 0.6 is 0 Å². The number of carboxylic acid groups (broad SMARTS) is 1. The molecule has 0 bridgehead atoms. The molecule has 94 valence electrons. The number of carbonyl (C=O) groups is 1. The quantitative estimate of drug-likeness (QED) is 0.590. The van der Waals surface area contributed by atoms with Gasteiger partial charge in [-0.25, -0.2) is 0 Å². The molecule has 0 spiro atoms. The second kappa shape index (κ2) is 6.21. The predicted molar refractivity (Wildman–Crippen MR) is 62.5 cm³/mol. The number of hydrogen-bond acceptors (Lipinski definition) is 3. The van der Waals surface area contributed by atoms with E-state index in [1.54, 1.807) is 7.05 Å². The zero-order valence-corrected chi connectivity index (χ0v) is 10.3. The molecule has 0 aromatic rings. The van der Waals surface area contributed by atoms with Crippen molar-refractivity contribution in [2.75, 3.05) is 20.3 Å². The van der Waals surface area contributed by atoms with Crippen molar-refractivity contribution >= 4 is 5.97 Å². The van der Waals surface area contributed by atoms with Gasteiger partial charge in [0.05, 0.1) is 0 Å². The molecule has 1 saturated carbocycles. The first kappa shape index (κ1) is 13.5. The molecule has 0 aliphatic heterocycles. The van der Waals surface area contributed by atoms with E-state index in [0.717, 1.165) is 18.9 Å². The van der Waals surface area contributed by atoms with Crippen LogP contribution in [0.15, 0.2) is 0 Å². The van der Waals surface area contributed by atoms with Gasteiger partial charge in [0.1, 0.15) is 5.54 Å². The number of likely N-dealkylation sites (N-methyl/N-ethyl adjacent to an activating group) is 1. The average molecular weight is 229 g/mol. The molecule has 4 nitrogen and oxygen atoms in total. The Morgan fingerprint density at radius 1 is 1.56 bits per heavy atom. The Morgan fingerprint density at radius 2 is 2.25 bits per heavy atom. The largest absolute Gasteiger partial charge is 0.480 e. The Hall–Kier alpha value is -0.610. The maximum atomic E-state index is 11.2. The van der Waals surface area contributed by atoms with Gasteiger partial charge in [-0.2, -0.15) is 0 Å². The van der Waals surface area contributed by atoms with Crippen molar-refractivity contribution in [3.8, 4) is 0 Å². The van der Waals surface area contributed by atoms with Gasteiger partial charge in [-0.1, -0.05) is 6.92 Å². The molecule has 4 heteroatoms. The fourth-order valence-electron chi connectivity index (χ4n) is 1.85. The molecule has 1 aliphatic carbocycles. The molecule has 2 N–H and O–H groups in total. The lowest BCUT2D eigenvalue weighted by Crippen LogP contribution is -2.49. The number of hydrogen-bond donors (Lipinski definition) is 2. The number of aliphatic carboxylic acids is 1. The molecule has 1 atom stereocenters. The van der Waals surface area contributed by atoms with Crippen LogP contribution in [0.2, 0.25) is 0 Å². The van der Waals surface area contributed by atoms with Crippen LogP contribution in [0, 0.1) is 5.92 Å². The third kappa shape index (κ3) is 3.76. The molecule has 1 rings (SSSR count). The van der Waals surface area contributed by atoms with Crippen molar-refractivity contribution < 1.29 is 14.6 Å². The summed E-state index contributed by atoms with van der Waals surface area (Å²) in [5.74, 6) is 0.0133. The fourth-order valence-corrected chi connectivity index (χ4v) is 1.85. The second-order valence-corrected chi connectivity index (χ2v) is 4.61. The minimum atomic E-state index is -0.775. The summed E-state index contributed by atoms with van der Waals surface area (Å²) in [7, 11) is 1.71. The Balaban J connectivity index is 2.17. The Kier molecular flexibility index (Phi) is 5.22. The first-order chi connectivity index (χ1) is 7.64. The summed E-state index contributed by atoms with van der Waals surface area (Å²) in [6.07, 6.45) is 4.62. The molecule has 0 saturated heterocycles. The van der Waals surface area contributed by atoms with Crippen molar-refractivity contribution in [1.29, 1.82) is 0 Å². The summed E-state index contributed by atoms with van der Waals surface area (Å²) in [5, 5.41) is 12.1. The van der Waals surface area contributed by atoms with Crippen molar-refractivity contribution in [3.05, 3.63) is 0 Å². The van der Waals surface area contributed by atoms with Crippen LogP contribution < -0.4 is 5.32 Å². The first-order valence-corrected chi connectivity index (χ1v) is 6.14. The van der Waals surface area contributed by atoms with Crippen molar-refractivity contribution in [1.82, 2.24) is 5.32 Å². The molecule has 0 heterocycles. The average Bonchev–Trinajstić information content (AvgIpc) is 3.07. The zero-order chi connectivity index (χ0) is 12.0. The molecular formula is C12H23NO3. The zero-order valence-electron chi connectivity index (χ0n) is 10.3. The molecule has 16 heavy (non-hydrogen) atoms. The standard InChI is InChI=1S/C12H23NO3/c1-3-12(13-2,11(14)15)7-4-8-16-9-10-5-6-10/h10,13H,3-9H2,1-2H3,(H,14,15). The van der Waals surface area contributed by atoms with E-state index in [1.165, 1.54) is 12.8 Å². The summed E-state index contributed by atoms with van der Waals surface area (Å²) in [6, 6.07) is 0. The van der Waals surface area contributed by atoms with E-state index in [1.807, 2.05) is 6.92 Å². The molecule has 1 aliphatic rings. The van der Waals surface area contributed by atoms with Gasteiger partial charge < -0.3 is 15.2 Å². The first-order valence-electron chi connectivity index (χ1n) is 6.14. The van der Waals surface area contributed by atoms with E-state index >= 15 is 0 Å². The number of ether oxygens (including phenoxy) is 1. The van der Waals surface area contributed by atoms with Gasteiger partial charge in [0, 0.05) is 13.2 Å². The van der Waals surface area contributed by atoms with Crippen LogP contribution in [0.25, 0.3) is 0 Å². The maximum Gasteiger partial charge on any atom is 0.323 e. The van der Waals surface area contributed by atoms with E-state index in [-0.39, 0.29) is 0 Å². The summed E-state index contributed by atoms with van der Waals surface area (Å²) < 4.78 is 5.50. The SMILES string of the molecule is CCC(CCCOCC1CC1)(NC)C(=O)O. The van der Waals surface area contributed by atoms with E-state index in [0.29, 0.717) is 19.4 Å². The van der Waals surface area contributed by atoms with E-state index < -0.39 is 11.5 Å². The van der Waals surface area contributed by atoms with E-state index in [2.05, 4.69) is 5.32 Å². The number of nitrogens with one attached hydrogen (secondary N) is 1. The molecule has 0 amide bonds. The normalized spacial score (nSPS) is 19.4. The van der Waals surface area contributed by atoms with Gasteiger partial charge in [-0.15, -0.1) is 0 Å². The number of rotatable bonds is 9. The highest BCUT2D eigenvalue weighted by atomic mass is 16.5. The summed E-state index contributed by atoms with van der Waals surface area (Å²) >= 11 is 0. The van der Waals surface area contributed by atoms with Gasteiger partial charge in [-0.3, -0.25) is 4.79 Å². The molecule has 0 aromatic carbocycles. The lowest BCUT2D eigenvalue weighted by Gasteiger charge is -2.27. The molecular weight excluding hydrogens is 206 g/mol. The molecule has 1 fully saturated rings. The fraction of sp³-hybridized carbons (Fsp3) is 0.917. The van der Waals surface area contributed by atoms with E-state index in [4.69, 9.17) is 4.74 Å². The number of carboxylic acids is 1. The smallest absolute Gasteiger partial charge is 0.323 e. The summed E-state index contributed by atoms with van der Waals surface area (Å²) in [4.78, 5) is 11.2. The van der Waals surface area contributed by atoms with Crippen LogP contribution in [-0.2, 0) is 9.53 Å². The molecule has 0 radical (unpaired) electrons. The lowest BCUT2D eigenvalue weighted by molar-refractivity contribution is -0.145. The van der Waals surface area contributed by atoms with Gasteiger partial charge in [0.2, 0.25) is 0 Å². The van der Waals surface area contributed by atoms with Crippen LogP contribution in [0.1, 0.15) is 39.0 Å². The van der Waals surface area contributed by atoms with Crippen LogP contribution in [0.4, 0.5) is 0 Å². The van der Waals surface area contributed by atoms with Gasteiger partial charge in [0.15, 0.2) is 0 Å². The highest BCUT2D eigenvalue weighted by molar-refractivity contribution is 5.78. The van der Waals surface area contributed by atoms with Crippen molar-refractivity contribution in [2.45, 2.75) is 44.6 Å². The van der Waals surface area contributed by atoms with Crippen LogP contribution in [-0.4, -0.2) is 36.9 Å². The Bertz CT molecular complexity index is 222. The molecule has 0 aromatic heterocycles. The topological polar surface area (TPSA) is 58.6 Å². The Labute approximate surface area is 97.4 Å². The van der Waals surface area contributed by atoms with Crippen LogP contribution in [0.5, 0.6) is 0 Å². The second-order valence-electron chi connectivity index (χ2n) is 4.61. The van der Waals surface area contributed by atoms with Crippen molar-refractivity contribution in [3.63, 3.8) is 0 Å². The van der Waals surface area contributed by atoms with Gasteiger partial charge >= 0.3 is 5.97 Å². The highest BCUT2D eigenvalue weighted by Gasteiger charge is 2.34. The minimum absolute atomic E-state index is 0.599. The van der Waals surface area contributed by atoms with Gasteiger partial charge in [-0.05, 0) is 45.1 Å². The maximum absolute atomic E-state index is 11.2. The monoisotopic (exact) mass is 229 g/mol. The third-order valence-electron chi connectivity index (χ3n) is 3.43. The van der Waals surface area contributed by atoms with Gasteiger partial charge in [0.25, 0.3) is 0 Å². The summed E-state index contributed by atoms with van der Waals surface area (Å²) in [5.41, 5.74) is -0.775. The highest BCUT2D eigenvalue weighted by Crippen LogP contribution is 2.28. The molecule has 1 unspecified atom stereocenters.